The van der Waals surface area contributed by atoms with E-state index in [1.807, 2.05) is 0 Å². The van der Waals surface area contributed by atoms with Gasteiger partial charge in [-0.25, -0.2) is 0 Å². The Kier molecular flexibility index (Phi) is 4.89. The van der Waals surface area contributed by atoms with Crippen molar-refractivity contribution in [3.8, 4) is 0 Å². The predicted molar refractivity (Wildman–Crippen MR) is 72.7 cm³/mol. The van der Waals surface area contributed by atoms with Gasteiger partial charge in [-0.2, -0.15) is 16.8 Å². The van der Waals surface area contributed by atoms with Crippen molar-refractivity contribution in [3.63, 3.8) is 0 Å². The van der Waals surface area contributed by atoms with Gasteiger partial charge in [-0.05, 0) is 25.7 Å². The summed E-state index contributed by atoms with van der Waals surface area (Å²) in [6, 6.07) is 0. The minimum Gasteiger partial charge on any atom is -0.198 e. The summed E-state index contributed by atoms with van der Waals surface area (Å²) in [7, 11) is -7.96. The van der Waals surface area contributed by atoms with Gasteiger partial charge in [0.1, 0.15) is 0 Å². The minimum atomic E-state index is -3.98. The van der Waals surface area contributed by atoms with Crippen molar-refractivity contribution in [2.75, 3.05) is 0 Å². The van der Waals surface area contributed by atoms with Crippen LogP contribution in [0.5, 0.6) is 0 Å². The summed E-state index contributed by atoms with van der Waals surface area (Å²) >= 11 is 0. The van der Waals surface area contributed by atoms with E-state index in [-0.39, 0.29) is 0 Å². The second-order valence-corrected chi connectivity index (χ2v) is 9.42. The molecule has 0 atom stereocenters. The normalized spacial score (nSPS) is 24.4. The van der Waals surface area contributed by atoms with Crippen molar-refractivity contribution in [3.05, 3.63) is 0 Å². The van der Waals surface area contributed by atoms with Crippen molar-refractivity contribution in [2.45, 2.75) is 74.7 Å². The van der Waals surface area contributed by atoms with E-state index in [4.69, 9.17) is 0 Å². The third-order valence-corrected chi connectivity index (χ3v) is 8.20. The molecule has 0 radical (unpaired) electrons. The van der Waals surface area contributed by atoms with Crippen LogP contribution in [0.2, 0.25) is 0 Å². The number of hydrogen-bond acceptors (Lipinski definition) is 5. The highest BCUT2D eigenvalue weighted by atomic mass is 32.3. The van der Waals surface area contributed by atoms with E-state index in [0.717, 1.165) is 38.5 Å². The van der Waals surface area contributed by atoms with Crippen molar-refractivity contribution in [1.82, 2.24) is 0 Å². The van der Waals surface area contributed by atoms with Gasteiger partial charge in [-0.3, -0.25) is 0 Å². The summed E-state index contributed by atoms with van der Waals surface area (Å²) in [6.45, 7) is 0. The fraction of sp³-hybridized carbons (Fsp3) is 1.00. The highest BCUT2D eigenvalue weighted by Gasteiger charge is 2.37. The van der Waals surface area contributed by atoms with E-state index in [0.29, 0.717) is 25.7 Å². The van der Waals surface area contributed by atoms with Crippen LogP contribution in [0.1, 0.15) is 64.2 Å². The molecule has 0 aliphatic heterocycles. The van der Waals surface area contributed by atoms with Gasteiger partial charge in [0, 0.05) is 0 Å². The molecule has 19 heavy (non-hydrogen) atoms. The number of hydrogen-bond donors (Lipinski definition) is 0. The van der Waals surface area contributed by atoms with Crippen LogP contribution in [-0.2, 0) is 23.9 Å². The van der Waals surface area contributed by atoms with Crippen molar-refractivity contribution in [1.29, 1.82) is 0 Å². The molecular formula is C12H22O5S2. The van der Waals surface area contributed by atoms with Crippen LogP contribution in [-0.4, -0.2) is 27.3 Å². The molecule has 0 unspecified atom stereocenters. The molecule has 2 rings (SSSR count). The second-order valence-electron chi connectivity index (χ2n) is 5.57. The first kappa shape index (κ1) is 15.3. The van der Waals surface area contributed by atoms with E-state index in [9.17, 15) is 16.8 Å². The van der Waals surface area contributed by atoms with Crippen LogP contribution in [0.4, 0.5) is 0 Å². The lowest BCUT2D eigenvalue weighted by molar-refractivity contribution is 0.402. The Morgan fingerprint density at radius 2 is 0.895 bits per heavy atom. The average molecular weight is 310 g/mol. The third-order valence-electron chi connectivity index (χ3n) is 4.11. The number of rotatable bonds is 4. The maximum absolute atomic E-state index is 12.0. The molecule has 2 fully saturated rings. The highest BCUT2D eigenvalue weighted by molar-refractivity contribution is 8.00. The Bertz CT molecular complexity index is 436. The van der Waals surface area contributed by atoms with Crippen LogP contribution < -0.4 is 0 Å². The molecule has 7 heteroatoms. The summed E-state index contributed by atoms with van der Waals surface area (Å²) in [4.78, 5) is 0. The standard InChI is InChI=1S/C12H22O5S2/c13-18(14,11-7-3-1-4-8-11)17-19(15,16)12-9-5-2-6-10-12/h11-12H,1-10H2. The molecule has 0 spiro atoms. The van der Waals surface area contributed by atoms with E-state index < -0.39 is 30.7 Å². The quantitative estimate of drug-likeness (QED) is 0.796. The molecule has 0 aromatic carbocycles. The highest BCUT2D eigenvalue weighted by Crippen LogP contribution is 2.29. The monoisotopic (exact) mass is 310 g/mol. The summed E-state index contributed by atoms with van der Waals surface area (Å²) in [5.41, 5.74) is 0. The first-order chi connectivity index (χ1) is 8.92. The topological polar surface area (TPSA) is 77.5 Å². The van der Waals surface area contributed by atoms with Gasteiger partial charge in [0.05, 0.1) is 10.5 Å². The molecule has 2 saturated carbocycles. The second kappa shape index (κ2) is 6.10. The zero-order valence-corrected chi connectivity index (χ0v) is 12.7. The molecule has 0 N–H and O–H groups in total. The van der Waals surface area contributed by atoms with Crippen LogP contribution in [0, 0.1) is 0 Å². The maximum Gasteiger partial charge on any atom is 0.284 e. The van der Waals surface area contributed by atoms with E-state index in [1.165, 1.54) is 0 Å². The molecule has 0 amide bonds. The Hall–Kier alpha value is -0.140. The van der Waals surface area contributed by atoms with E-state index >= 15 is 0 Å². The van der Waals surface area contributed by atoms with Crippen LogP contribution >= 0.6 is 0 Å². The van der Waals surface area contributed by atoms with Gasteiger partial charge >= 0.3 is 0 Å². The smallest absolute Gasteiger partial charge is 0.198 e. The fourth-order valence-corrected chi connectivity index (χ4v) is 6.72. The lowest BCUT2D eigenvalue weighted by atomic mass is 10.0. The lowest BCUT2D eigenvalue weighted by Crippen LogP contribution is -2.33. The first-order valence-electron chi connectivity index (χ1n) is 7.10. The van der Waals surface area contributed by atoms with Crippen LogP contribution in [0.25, 0.3) is 0 Å². The van der Waals surface area contributed by atoms with Crippen molar-refractivity contribution < 1.29 is 20.5 Å². The van der Waals surface area contributed by atoms with E-state index in [1.54, 1.807) is 0 Å². The molecule has 0 saturated heterocycles. The van der Waals surface area contributed by atoms with Crippen LogP contribution in [0.15, 0.2) is 0 Å². The van der Waals surface area contributed by atoms with Crippen LogP contribution in [0.3, 0.4) is 0 Å². The summed E-state index contributed by atoms with van der Waals surface area (Å²) in [5, 5.41) is -1.28. The first-order valence-corrected chi connectivity index (χ1v) is 10.0. The molecule has 0 aromatic rings. The largest absolute Gasteiger partial charge is 0.284 e. The molecule has 5 nitrogen and oxygen atoms in total. The zero-order valence-electron chi connectivity index (χ0n) is 11.1. The summed E-state index contributed by atoms with van der Waals surface area (Å²) in [6.07, 6.45) is 7.42. The molecule has 0 bridgehead atoms. The lowest BCUT2D eigenvalue weighted by Gasteiger charge is -2.24. The SMILES string of the molecule is O=S(=O)(OS(=O)(=O)C1CCCCC1)C1CCCCC1. The third kappa shape index (κ3) is 3.92. The predicted octanol–water partition coefficient (Wildman–Crippen LogP) is 2.33. The Morgan fingerprint density at radius 3 is 1.21 bits per heavy atom. The molecular weight excluding hydrogens is 288 g/mol. The van der Waals surface area contributed by atoms with Crippen molar-refractivity contribution >= 4 is 20.2 Å². The average Bonchev–Trinajstić information content (AvgIpc) is 2.40. The van der Waals surface area contributed by atoms with Gasteiger partial charge in [0.15, 0.2) is 0 Å². The van der Waals surface area contributed by atoms with Gasteiger partial charge in [-0.15, -0.1) is 3.63 Å². The Labute approximate surface area is 116 Å². The van der Waals surface area contributed by atoms with Gasteiger partial charge in [0.2, 0.25) is 0 Å². The molecule has 0 aromatic heterocycles. The maximum atomic E-state index is 12.0. The summed E-state index contributed by atoms with van der Waals surface area (Å²) < 4.78 is 52.8. The molecule has 112 valence electrons. The molecule has 0 heterocycles. The Balaban J connectivity index is 2.05. The zero-order chi connectivity index (χ0) is 13.9. The van der Waals surface area contributed by atoms with Gasteiger partial charge in [0.25, 0.3) is 20.2 Å². The molecule has 2 aliphatic carbocycles. The molecule has 2 aliphatic rings. The van der Waals surface area contributed by atoms with Crippen molar-refractivity contribution in [2.24, 2.45) is 0 Å². The van der Waals surface area contributed by atoms with Gasteiger partial charge in [-0.1, -0.05) is 38.5 Å². The summed E-state index contributed by atoms with van der Waals surface area (Å²) in [5.74, 6) is 0. The fourth-order valence-electron chi connectivity index (χ4n) is 2.95. The van der Waals surface area contributed by atoms with Gasteiger partial charge < -0.3 is 0 Å². The van der Waals surface area contributed by atoms with E-state index in [2.05, 4.69) is 3.63 Å². The Morgan fingerprint density at radius 1 is 0.579 bits per heavy atom. The minimum absolute atomic E-state index is 0.516.